The maximum absolute atomic E-state index is 11.0. The second kappa shape index (κ2) is 6.01. The molecule has 0 fully saturated rings. The molecule has 1 aromatic carbocycles. The number of thioether (sulfide) groups is 1. The minimum Gasteiger partial charge on any atom is -0.480 e. The molecule has 1 unspecified atom stereocenters. The van der Waals surface area contributed by atoms with Gasteiger partial charge < -0.3 is 10.8 Å². The van der Waals surface area contributed by atoms with Crippen molar-refractivity contribution in [2.24, 2.45) is 0 Å². The summed E-state index contributed by atoms with van der Waals surface area (Å²) in [7, 11) is 0. The lowest BCUT2D eigenvalue weighted by molar-refractivity contribution is -0.136. The number of rotatable bonds is 5. The summed E-state index contributed by atoms with van der Waals surface area (Å²) in [5, 5.41) is 9.08. The van der Waals surface area contributed by atoms with Crippen molar-refractivity contribution in [3.05, 3.63) is 23.2 Å². The van der Waals surface area contributed by atoms with Gasteiger partial charge in [0.2, 0.25) is 0 Å². The average molecular weight is 260 g/mol. The van der Waals surface area contributed by atoms with Crippen molar-refractivity contribution in [3.8, 4) is 0 Å². The van der Waals surface area contributed by atoms with E-state index in [0.717, 1.165) is 11.3 Å². The second-order valence-electron chi connectivity index (χ2n) is 3.42. The van der Waals surface area contributed by atoms with Gasteiger partial charge in [-0.05, 0) is 24.6 Å². The van der Waals surface area contributed by atoms with Crippen LogP contribution in [0.3, 0.4) is 0 Å². The van der Waals surface area contributed by atoms with Crippen molar-refractivity contribution in [1.29, 1.82) is 0 Å². The molecule has 0 saturated heterocycles. The lowest BCUT2D eigenvalue weighted by Crippen LogP contribution is -2.15. The van der Waals surface area contributed by atoms with Gasteiger partial charge in [0.25, 0.3) is 0 Å². The standard InChI is InChI=1S/C11H14ClNO2S/c1-2-3-10(11(14)15)16-9-5-4-7(13)6-8(9)12/h4-6,10H,2-3,13H2,1H3,(H,14,15). The molecule has 1 aromatic rings. The van der Waals surface area contributed by atoms with Gasteiger partial charge in [-0.1, -0.05) is 24.9 Å². The molecule has 0 aliphatic rings. The van der Waals surface area contributed by atoms with Crippen LogP contribution in [0.15, 0.2) is 23.1 Å². The van der Waals surface area contributed by atoms with Crippen LogP contribution in [0.1, 0.15) is 19.8 Å². The lowest BCUT2D eigenvalue weighted by Gasteiger charge is -2.12. The van der Waals surface area contributed by atoms with E-state index in [0.29, 0.717) is 17.1 Å². The van der Waals surface area contributed by atoms with Gasteiger partial charge in [-0.25, -0.2) is 0 Å². The molecule has 0 aromatic heterocycles. The van der Waals surface area contributed by atoms with Crippen molar-refractivity contribution in [2.75, 3.05) is 5.73 Å². The van der Waals surface area contributed by atoms with E-state index in [4.69, 9.17) is 22.4 Å². The molecule has 3 N–H and O–H groups in total. The highest BCUT2D eigenvalue weighted by atomic mass is 35.5. The quantitative estimate of drug-likeness (QED) is 0.629. The summed E-state index contributed by atoms with van der Waals surface area (Å²) in [6.45, 7) is 1.96. The Kier molecular flexibility index (Phi) is 4.96. The molecule has 0 aliphatic carbocycles. The van der Waals surface area contributed by atoms with Gasteiger partial charge in [0.1, 0.15) is 5.25 Å². The van der Waals surface area contributed by atoms with Crippen LogP contribution in [-0.2, 0) is 4.79 Å². The summed E-state index contributed by atoms with van der Waals surface area (Å²) in [5.74, 6) is -0.806. The maximum Gasteiger partial charge on any atom is 0.316 e. The highest BCUT2D eigenvalue weighted by Crippen LogP contribution is 2.33. The molecule has 1 rings (SSSR count). The van der Waals surface area contributed by atoms with Crippen molar-refractivity contribution in [3.63, 3.8) is 0 Å². The van der Waals surface area contributed by atoms with Gasteiger partial charge in [-0.3, -0.25) is 4.79 Å². The van der Waals surface area contributed by atoms with Gasteiger partial charge in [-0.15, -0.1) is 11.8 Å². The van der Waals surface area contributed by atoms with Crippen molar-refractivity contribution in [1.82, 2.24) is 0 Å². The number of carboxylic acid groups (broad SMARTS) is 1. The van der Waals surface area contributed by atoms with Crippen LogP contribution in [0.5, 0.6) is 0 Å². The molecular weight excluding hydrogens is 246 g/mol. The number of halogens is 1. The summed E-state index contributed by atoms with van der Waals surface area (Å²) >= 11 is 7.25. The molecule has 88 valence electrons. The van der Waals surface area contributed by atoms with Crippen LogP contribution in [0.2, 0.25) is 5.02 Å². The largest absolute Gasteiger partial charge is 0.480 e. The first-order chi connectivity index (χ1) is 7.54. The number of benzene rings is 1. The third-order valence-electron chi connectivity index (χ3n) is 2.05. The van der Waals surface area contributed by atoms with Crippen molar-refractivity contribution < 1.29 is 9.90 Å². The number of hydrogen-bond acceptors (Lipinski definition) is 3. The first kappa shape index (κ1) is 13.2. The Labute approximate surface area is 104 Å². The van der Waals surface area contributed by atoms with Gasteiger partial charge >= 0.3 is 5.97 Å². The normalized spacial score (nSPS) is 12.4. The molecule has 0 aliphatic heterocycles. The molecule has 16 heavy (non-hydrogen) atoms. The third kappa shape index (κ3) is 3.61. The van der Waals surface area contributed by atoms with E-state index in [-0.39, 0.29) is 0 Å². The number of anilines is 1. The Morgan fingerprint density at radius 3 is 2.81 bits per heavy atom. The number of nitrogens with two attached hydrogens (primary N) is 1. The zero-order chi connectivity index (χ0) is 12.1. The Morgan fingerprint density at radius 2 is 2.31 bits per heavy atom. The fourth-order valence-corrected chi connectivity index (χ4v) is 2.66. The summed E-state index contributed by atoms with van der Waals surface area (Å²) < 4.78 is 0. The van der Waals surface area contributed by atoms with E-state index in [1.807, 2.05) is 6.92 Å². The number of carbonyl (C=O) groups is 1. The number of hydrogen-bond donors (Lipinski definition) is 2. The zero-order valence-corrected chi connectivity index (χ0v) is 10.5. The van der Waals surface area contributed by atoms with Gasteiger partial charge in [0.15, 0.2) is 0 Å². The van der Waals surface area contributed by atoms with E-state index in [2.05, 4.69) is 0 Å². The first-order valence-electron chi connectivity index (χ1n) is 4.99. The molecule has 0 radical (unpaired) electrons. The Bertz CT molecular complexity index is 384. The number of carboxylic acids is 1. The molecule has 3 nitrogen and oxygen atoms in total. The topological polar surface area (TPSA) is 63.3 Å². The van der Waals surface area contributed by atoms with Gasteiger partial charge in [0, 0.05) is 10.6 Å². The summed E-state index contributed by atoms with van der Waals surface area (Å²) in [6, 6.07) is 5.11. The minimum absolute atomic E-state index is 0.453. The molecule has 0 bridgehead atoms. The summed E-state index contributed by atoms with van der Waals surface area (Å²) in [5.41, 5.74) is 6.15. The number of aliphatic carboxylic acids is 1. The van der Waals surface area contributed by atoms with Crippen LogP contribution >= 0.6 is 23.4 Å². The van der Waals surface area contributed by atoms with Crippen molar-refractivity contribution >= 4 is 35.0 Å². The maximum atomic E-state index is 11.0. The third-order valence-corrected chi connectivity index (χ3v) is 3.81. The smallest absolute Gasteiger partial charge is 0.316 e. The van der Waals surface area contributed by atoms with Crippen LogP contribution in [-0.4, -0.2) is 16.3 Å². The van der Waals surface area contributed by atoms with E-state index >= 15 is 0 Å². The lowest BCUT2D eigenvalue weighted by atomic mass is 10.2. The van der Waals surface area contributed by atoms with Crippen LogP contribution in [0.4, 0.5) is 5.69 Å². The average Bonchev–Trinajstić information content (AvgIpc) is 2.20. The highest BCUT2D eigenvalue weighted by Gasteiger charge is 2.18. The van der Waals surface area contributed by atoms with E-state index < -0.39 is 11.2 Å². The molecule has 0 spiro atoms. The fourth-order valence-electron chi connectivity index (χ4n) is 1.26. The second-order valence-corrected chi connectivity index (χ2v) is 5.08. The molecule has 1 atom stereocenters. The zero-order valence-electron chi connectivity index (χ0n) is 8.94. The van der Waals surface area contributed by atoms with Gasteiger partial charge in [0.05, 0.1) is 5.02 Å². The highest BCUT2D eigenvalue weighted by molar-refractivity contribution is 8.00. The fraction of sp³-hybridized carbons (Fsp3) is 0.364. The Hall–Kier alpha value is -0.870. The minimum atomic E-state index is -0.806. The monoisotopic (exact) mass is 259 g/mol. The van der Waals surface area contributed by atoms with E-state index in [9.17, 15) is 4.79 Å². The SMILES string of the molecule is CCCC(Sc1ccc(N)cc1Cl)C(=O)O. The van der Waals surface area contributed by atoms with Crippen LogP contribution in [0.25, 0.3) is 0 Å². The summed E-state index contributed by atoms with van der Waals surface area (Å²) in [4.78, 5) is 11.7. The van der Waals surface area contributed by atoms with Crippen molar-refractivity contribution in [2.45, 2.75) is 29.9 Å². The molecule has 5 heteroatoms. The summed E-state index contributed by atoms with van der Waals surface area (Å²) in [6.07, 6.45) is 1.46. The Morgan fingerprint density at radius 1 is 1.62 bits per heavy atom. The molecule has 0 amide bonds. The Balaban J connectivity index is 2.81. The molecular formula is C11H14ClNO2S. The molecule has 0 heterocycles. The first-order valence-corrected chi connectivity index (χ1v) is 6.24. The number of nitrogen functional groups attached to an aromatic ring is 1. The predicted molar refractivity (Wildman–Crippen MR) is 68.1 cm³/mol. The van der Waals surface area contributed by atoms with Crippen LogP contribution in [0, 0.1) is 0 Å². The van der Waals surface area contributed by atoms with Gasteiger partial charge in [-0.2, -0.15) is 0 Å². The molecule has 0 saturated carbocycles. The predicted octanol–water partition coefficient (Wildman–Crippen LogP) is 3.27. The van der Waals surface area contributed by atoms with E-state index in [1.165, 1.54) is 11.8 Å². The van der Waals surface area contributed by atoms with Crippen LogP contribution < -0.4 is 5.73 Å². The van der Waals surface area contributed by atoms with E-state index in [1.54, 1.807) is 18.2 Å².